The summed E-state index contributed by atoms with van der Waals surface area (Å²) in [4.78, 5) is 0. The average Bonchev–Trinajstić information content (AvgIpc) is 3.96. The number of hydrogen-bond acceptors (Lipinski definition) is 12. The van der Waals surface area contributed by atoms with Gasteiger partial charge in [0.05, 0.1) is 45.4 Å². The number of aromatic nitrogens is 1. The van der Waals surface area contributed by atoms with Crippen LogP contribution in [0.4, 0.5) is 0 Å². The highest BCUT2D eigenvalue weighted by molar-refractivity contribution is 5.88. The van der Waals surface area contributed by atoms with Crippen LogP contribution in [0.1, 0.15) is 108 Å². The summed E-state index contributed by atoms with van der Waals surface area (Å²) in [6.45, 7) is 2.12. The molecule has 1 saturated heterocycles. The van der Waals surface area contributed by atoms with E-state index in [4.69, 9.17) is 18.9 Å². The van der Waals surface area contributed by atoms with Crippen LogP contribution in [0.3, 0.4) is 0 Å². The lowest BCUT2D eigenvalue weighted by Gasteiger charge is -2.49. The molecule has 1 aliphatic carbocycles. The molecular weight excluding hydrogens is 983 g/mol. The molecule has 0 spiro atoms. The van der Waals surface area contributed by atoms with Crippen molar-refractivity contribution < 1.29 is 49.6 Å². The molecule has 6 bridgehead atoms. The van der Waals surface area contributed by atoms with E-state index in [0.29, 0.717) is 69.7 Å². The van der Waals surface area contributed by atoms with Gasteiger partial charge in [0, 0.05) is 65.3 Å². The number of aliphatic hydroxyl groups is 3. The van der Waals surface area contributed by atoms with E-state index in [0.717, 1.165) is 101 Å². The van der Waals surface area contributed by atoms with Crippen molar-refractivity contribution in [1.82, 2.24) is 15.2 Å². The second-order valence-electron chi connectivity index (χ2n) is 22.0. The molecule has 0 amide bonds. The Balaban J connectivity index is 1.02. The zero-order chi connectivity index (χ0) is 53.6. The van der Waals surface area contributed by atoms with Gasteiger partial charge in [-0.2, -0.15) is 0 Å². The second kappa shape index (κ2) is 24.2. The number of aliphatic hydroxyl groups excluding tert-OH is 3. The summed E-state index contributed by atoms with van der Waals surface area (Å²) in [5.41, 5.74) is 10.5. The molecule has 0 radical (unpaired) electrons. The molecule has 6 atom stereocenters. The van der Waals surface area contributed by atoms with Gasteiger partial charge in [-0.15, -0.1) is 0 Å². The molecule has 6 aromatic rings. The lowest BCUT2D eigenvalue weighted by molar-refractivity contribution is 0.00498. The number of nitrogens with one attached hydrogen (secondary N) is 2. The average molecular weight is 1060 g/mol. The SMILES string of the molecule is OCCCOCNC1C=C2C#C[C@H](CCc3ccc(O)c(Cc4cccc(O)c4)c3)CCC[C@H]3C[C@H](O)CCc4cc(c(O)cc4CO)OCc4cc([C@@]56CCOC[C@H]5CCc5ccccc56)cc5cn(cc45)C(=C2CO3)N1. The van der Waals surface area contributed by atoms with Crippen molar-refractivity contribution in [2.45, 2.75) is 120 Å². The number of fused-ring (bicyclic) bond motifs is 9. The van der Waals surface area contributed by atoms with Gasteiger partial charge in [-0.05, 0) is 176 Å². The zero-order valence-corrected chi connectivity index (χ0v) is 44.4. The lowest BCUT2D eigenvalue weighted by Crippen LogP contribution is -2.47. The van der Waals surface area contributed by atoms with Gasteiger partial charge in [0.1, 0.15) is 30.1 Å². The van der Waals surface area contributed by atoms with E-state index in [9.17, 15) is 30.6 Å². The minimum absolute atomic E-state index is 0.0152. The molecule has 13 nitrogen and oxygen atoms in total. The van der Waals surface area contributed by atoms with Crippen LogP contribution in [0.2, 0.25) is 0 Å². The van der Waals surface area contributed by atoms with Gasteiger partial charge in [0.25, 0.3) is 0 Å². The maximum absolute atomic E-state index is 11.8. The first-order valence-electron chi connectivity index (χ1n) is 28.1. The fraction of sp³-hybridized carbons (Fsp3) is 0.415. The third kappa shape index (κ3) is 11.7. The number of phenolic OH excluding ortho intramolecular Hbond substituents is 3. The number of rotatable bonds is 13. The Morgan fingerprint density at radius 2 is 1.73 bits per heavy atom. The van der Waals surface area contributed by atoms with Gasteiger partial charge in [0.15, 0.2) is 11.5 Å². The summed E-state index contributed by atoms with van der Waals surface area (Å²) in [7, 11) is 0. The summed E-state index contributed by atoms with van der Waals surface area (Å²) in [5.74, 6) is 9.20. The van der Waals surface area contributed by atoms with Gasteiger partial charge in [0.2, 0.25) is 0 Å². The lowest BCUT2D eigenvalue weighted by atomic mass is 9.57. The van der Waals surface area contributed by atoms with Crippen molar-refractivity contribution in [3.63, 3.8) is 0 Å². The number of phenols is 3. The Labute approximate surface area is 457 Å². The Bertz CT molecular complexity index is 3240. The Kier molecular flexibility index (Phi) is 16.6. The molecule has 13 heteroatoms. The second-order valence-corrected chi connectivity index (χ2v) is 22.0. The van der Waals surface area contributed by atoms with Crippen molar-refractivity contribution in [2.24, 2.45) is 11.8 Å². The van der Waals surface area contributed by atoms with Crippen molar-refractivity contribution in [3.8, 4) is 34.8 Å². The molecule has 408 valence electrons. The summed E-state index contributed by atoms with van der Waals surface area (Å²) >= 11 is 0. The van der Waals surface area contributed by atoms with E-state index in [-0.39, 0.29) is 73.8 Å². The molecule has 11 rings (SSSR count). The molecule has 5 aliphatic rings. The highest BCUT2D eigenvalue weighted by Crippen LogP contribution is 2.52. The highest BCUT2D eigenvalue weighted by atomic mass is 16.5. The van der Waals surface area contributed by atoms with Crippen LogP contribution in [0, 0.1) is 23.7 Å². The number of dihydropyridines is 1. The van der Waals surface area contributed by atoms with Crippen LogP contribution < -0.4 is 15.4 Å². The van der Waals surface area contributed by atoms with Crippen molar-refractivity contribution in [1.29, 1.82) is 0 Å². The largest absolute Gasteiger partial charge is 0.508 e. The van der Waals surface area contributed by atoms with Gasteiger partial charge < -0.3 is 59.5 Å². The first-order chi connectivity index (χ1) is 38.1. The monoisotopic (exact) mass is 1060 g/mol. The molecular formula is C65H73N3O10. The number of nitrogens with zero attached hydrogens (tertiary/aromatic N) is 1. The molecule has 5 aromatic carbocycles. The fourth-order valence-corrected chi connectivity index (χ4v) is 12.8. The van der Waals surface area contributed by atoms with E-state index in [1.165, 1.54) is 16.7 Å². The Morgan fingerprint density at radius 3 is 2.62 bits per heavy atom. The third-order valence-electron chi connectivity index (χ3n) is 16.9. The smallest absolute Gasteiger partial charge is 0.161 e. The van der Waals surface area contributed by atoms with Gasteiger partial charge in [-0.3, -0.25) is 5.32 Å². The molecule has 5 heterocycles. The minimum atomic E-state index is -0.715. The maximum atomic E-state index is 11.8. The van der Waals surface area contributed by atoms with Gasteiger partial charge in [-0.1, -0.05) is 66.4 Å². The number of aromatic hydroxyl groups is 3. The van der Waals surface area contributed by atoms with Crippen LogP contribution in [0.5, 0.6) is 23.0 Å². The van der Waals surface area contributed by atoms with Crippen molar-refractivity contribution >= 4 is 16.6 Å². The minimum Gasteiger partial charge on any atom is -0.508 e. The first-order valence-corrected chi connectivity index (χ1v) is 28.1. The van der Waals surface area contributed by atoms with E-state index >= 15 is 0 Å². The summed E-state index contributed by atoms with van der Waals surface area (Å²) in [5, 5.41) is 73.6. The summed E-state index contributed by atoms with van der Waals surface area (Å²) in [6.07, 6.45) is 14.1. The van der Waals surface area contributed by atoms with Crippen LogP contribution in [-0.2, 0) is 58.5 Å². The Hall–Kier alpha value is -6.60. The predicted molar refractivity (Wildman–Crippen MR) is 300 cm³/mol. The predicted octanol–water partition coefficient (Wildman–Crippen LogP) is 9.18. The molecule has 4 aliphatic heterocycles. The van der Waals surface area contributed by atoms with Crippen LogP contribution in [-0.4, -0.2) is 93.3 Å². The molecule has 1 aromatic heterocycles. The molecule has 1 fully saturated rings. The summed E-state index contributed by atoms with van der Waals surface area (Å²) in [6, 6.07) is 29.9. The zero-order valence-electron chi connectivity index (χ0n) is 44.4. The number of hydrogen-bond donors (Lipinski definition) is 8. The van der Waals surface area contributed by atoms with Gasteiger partial charge in [-0.25, -0.2) is 0 Å². The third-order valence-corrected chi connectivity index (χ3v) is 16.9. The standard InChI is InChI=1S/C65H73N3O10/c69-23-5-24-76-41-66-63-33-47-16-14-42(12-13-43-15-21-60(73)48(26-43)27-44-7-3-9-54(71)28-44)6-4-10-56-34-55(72)20-18-46-32-62(61(74)31-50(46)37-70)78-38-51-30-53(29-49-35-68(36-57(49)51)64(67-63)58(47)40-77-56)65-22-25-75-39-52(65)19-17-45-8-1-2-11-59(45)65/h1-3,7-9,11,15,21,26,28-33,35-36,42,52,55-56,63,66-67,69-74H,4-6,10,12-13,17-20,22-25,27,34,37-41H2/t42-,52+,55+,56-,63?,65+/m0/s1. The summed E-state index contributed by atoms with van der Waals surface area (Å²) < 4.78 is 28.0. The first kappa shape index (κ1) is 53.4. The van der Waals surface area contributed by atoms with E-state index in [2.05, 4.69) is 88.0 Å². The molecule has 0 saturated carbocycles. The maximum Gasteiger partial charge on any atom is 0.161 e. The highest BCUT2D eigenvalue weighted by Gasteiger charge is 2.47. The van der Waals surface area contributed by atoms with E-state index < -0.39 is 12.3 Å². The molecule has 8 N–H and O–H groups in total. The fourth-order valence-electron chi connectivity index (χ4n) is 12.8. The van der Waals surface area contributed by atoms with Crippen molar-refractivity contribution in [2.75, 3.05) is 39.8 Å². The van der Waals surface area contributed by atoms with Crippen LogP contribution >= 0.6 is 0 Å². The molecule has 1 unspecified atom stereocenters. The van der Waals surface area contributed by atoms with Crippen molar-refractivity contribution in [3.05, 3.63) is 171 Å². The number of aryl methyl sites for hydroxylation is 3. The quantitative estimate of drug-likeness (QED) is 0.0312. The van der Waals surface area contributed by atoms with Crippen LogP contribution in [0.25, 0.3) is 16.6 Å². The molecule has 78 heavy (non-hydrogen) atoms. The van der Waals surface area contributed by atoms with Gasteiger partial charge >= 0.3 is 0 Å². The Morgan fingerprint density at radius 1 is 0.833 bits per heavy atom. The number of ether oxygens (including phenoxy) is 4. The van der Waals surface area contributed by atoms with E-state index in [1.54, 1.807) is 24.3 Å². The van der Waals surface area contributed by atoms with E-state index in [1.807, 2.05) is 24.3 Å². The normalized spacial score (nSPS) is 23.4. The number of benzene rings is 5. The van der Waals surface area contributed by atoms with Crippen LogP contribution in [0.15, 0.2) is 121 Å². The topological polar surface area (TPSA) is 187 Å².